The van der Waals surface area contributed by atoms with Gasteiger partial charge in [-0.05, 0) is 18.9 Å². The predicted molar refractivity (Wildman–Crippen MR) is 49.3 cm³/mol. The summed E-state index contributed by atoms with van der Waals surface area (Å²) >= 11 is 0. The minimum absolute atomic E-state index is 0.275. The molecule has 4 nitrogen and oxygen atoms in total. The van der Waals surface area contributed by atoms with Gasteiger partial charge < -0.3 is 4.74 Å². The highest BCUT2D eigenvalue weighted by atomic mass is 16.7. The van der Waals surface area contributed by atoms with Crippen molar-refractivity contribution in [1.82, 2.24) is 5.17 Å². The number of hydrogen-bond acceptors (Lipinski definition) is 4. The molecule has 0 aromatic carbocycles. The van der Waals surface area contributed by atoms with Crippen molar-refractivity contribution in [1.29, 1.82) is 0 Å². The molecule has 0 aliphatic carbocycles. The first kappa shape index (κ1) is 8.72. The first-order valence-electron chi connectivity index (χ1n) is 4.66. The van der Waals surface area contributed by atoms with Crippen LogP contribution in [0.25, 0.3) is 0 Å². The molecular formula is C9H14N2O2. The van der Waals surface area contributed by atoms with Gasteiger partial charge in [0, 0.05) is 19.4 Å². The maximum Gasteiger partial charge on any atom is 0.0919 e. The van der Waals surface area contributed by atoms with E-state index >= 15 is 0 Å². The summed E-state index contributed by atoms with van der Waals surface area (Å²) in [6.45, 7) is 2.35. The summed E-state index contributed by atoms with van der Waals surface area (Å²) in [6.07, 6.45) is 7.89. The summed E-state index contributed by atoms with van der Waals surface area (Å²) in [4.78, 5) is 5.64. The van der Waals surface area contributed by atoms with Gasteiger partial charge in [0.1, 0.15) is 0 Å². The molecule has 0 unspecified atom stereocenters. The van der Waals surface area contributed by atoms with E-state index in [9.17, 15) is 0 Å². The quantitative estimate of drug-likeness (QED) is 0.637. The van der Waals surface area contributed by atoms with Crippen molar-refractivity contribution in [2.75, 3.05) is 19.8 Å². The fourth-order valence-electron chi connectivity index (χ4n) is 1.40. The van der Waals surface area contributed by atoms with Crippen LogP contribution in [0.2, 0.25) is 0 Å². The minimum atomic E-state index is 0.275. The molecule has 4 heteroatoms. The van der Waals surface area contributed by atoms with Crippen molar-refractivity contribution in [2.24, 2.45) is 5.10 Å². The number of hydrogen-bond donors (Lipinski definition) is 0. The number of ether oxygens (including phenoxy) is 1. The van der Waals surface area contributed by atoms with Crippen LogP contribution in [0.5, 0.6) is 0 Å². The van der Waals surface area contributed by atoms with E-state index in [-0.39, 0.29) is 6.10 Å². The van der Waals surface area contributed by atoms with Gasteiger partial charge in [0.2, 0.25) is 0 Å². The zero-order chi connectivity index (χ0) is 8.93. The molecule has 0 aromatic heterocycles. The predicted octanol–water partition coefficient (Wildman–Crippen LogP) is 0.955. The summed E-state index contributed by atoms with van der Waals surface area (Å²) < 4.78 is 5.24. The van der Waals surface area contributed by atoms with Gasteiger partial charge in [-0.15, -0.1) is 0 Å². The van der Waals surface area contributed by atoms with Crippen molar-refractivity contribution < 1.29 is 9.57 Å². The van der Waals surface area contributed by atoms with Crippen LogP contribution < -0.4 is 0 Å². The Labute approximate surface area is 77.8 Å². The Morgan fingerprint density at radius 2 is 2.23 bits per heavy atom. The van der Waals surface area contributed by atoms with Gasteiger partial charge in [0.25, 0.3) is 0 Å². The van der Waals surface area contributed by atoms with Crippen LogP contribution in [-0.4, -0.2) is 37.2 Å². The SMILES string of the molecule is C1=CCN(OC2CCOCC2)N=C1. The average molecular weight is 182 g/mol. The molecule has 72 valence electrons. The van der Waals surface area contributed by atoms with Crippen molar-refractivity contribution in [2.45, 2.75) is 18.9 Å². The summed E-state index contributed by atoms with van der Waals surface area (Å²) in [5, 5.41) is 5.72. The average Bonchev–Trinajstić information content (AvgIpc) is 2.21. The van der Waals surface area contributed by atoms with Gasteiger partial charge in [-0.25, -0.2) is 0 Å². The number of hydrazone groups is 1. The Balaban J connectivity index is 1.76. The number of allylic oxidation sites excluding steroid dienone is 1. The zero-order valence-corrected chi connectivity index (χ0v) is 7.56. The molecule has 1 fully saturated rings. The fraction of sp³-hybridized carbons (Fsp3) is 0.667. The second-order valence-corrected chi connectivity index (χ2v) is 3.14. The topological polar surface area (TPSA) is 34.1 Å². The van der Waals surface area contributed by atoms with Crippen LogP contribution in [0.4, 0.5) is 0 Å². The molecule has 0 aromatic rings. The van der Waals surface area contributed by atoms with Gasteiger partial charge in [0.05, 0.1) is 12.6 Å². The van der Waals surface area contributed by atoms with Crippen LogP contribution in [0.15, 0.2) is 17.3 Å². The molecule has 2 rings (SSSR count). The van der Waals surface area contributed by atoms with E-state index in [0.29, 0.717) is 0 Å². The van der Waals surface area contributed by atoms with Crippen molar-refractivity contribution in [3.63, 3.8) is 0 Å². The summed E-state index contributed by atoms with van der Waals surface area (Å²) in [5.74, 6) is 0. The zero-order valence-electron chi connectivity index (χ0n) is 7.56. The second-order valence-electron chi connectivity index (χ2n) is 3.14. The maximum atomic E-state index is 5.64. The Kier molecular flexibility index (Phi) is 2.94. The normalized spacial score (nSPS) is 23.8. The first-order chi connectivity index (χ1) is 6.45. The van der Waals surface area contributed by atoms with Gasteiger partial charge >= 0.3 is 0 Å². The standard InChI is InChI=1S/C9H14N2O2/c1-2-6-11(10-5-1)13-9-3-7-12-8-4-9/h1-2,5,9H,3-4,6-8H2. The highest BCUT2D eigenvalue weighted by Crippen LogP contribution is 2.13. The molecule has 0 atom stereocenters. The molecule has 1 saturated heterocycles. The minimum Gasteiger partial charge on any atom is -0.381 e. The number of nitrogens with zero attached hydrogens (tertiary/aromatic N) is 2. The molecule has 0 amide bonds. The molecule has 2 aliphatic rings. The maximum absolute atomic E-state index is 5.64. The summed E-state index contributed by atoms with van der Waals surface area (Å²) in [6, 6.07) is 0. The lowest BCUT2D eigenvalue weighted by atomic mass is 10.2. The van der Waals surface area contributed by atoms with Crippen molar-refractivity contribution in [3.05, 3.63) is 12.2 Å². The lowest BCUT2D eigenvalue weighted by Gasteiger charge is -2.27. The van der Waals surface area contributed by atoms with Gasteiger partial charge in [-0.1, -0.05) is 6.08 Å². The molecule has 0 spiro atoms. The van der Waals surface area contributed by atoms with Gasteiger partial charge in [0.15, 0.2) is 0 Å². The largest absolute Gasteiger partial charge is 0.381 e. The van der Waals surface area contributed by atoms with Crippen molar-refractivity contribution in [3.8, 4) is 0 Å². The second kappa shape index (κ2) is 4.39. The van der Waals surface area contributed by atoms with Crippen molar-refractivity contribution >= 4 is 6.21 Å². The van der Waals surface area contributed by atoms with E-state index in [1.165, 1.54) is 0 Å². The fourth-order valence-corrected chi connectivity index (χ4v) is 1.40. The lowest BCUT2D eigenvalue weighted by molar-refractivity contribution is -0.209. The van der Waals surface area contributed by atoms with E-state index in [1.807, 2.05) is 12.2 Å². The highest BCUT2D eigenvalue weighted by molar-refractivity contribution is 5.71. The highest BCUT2D eigenvalue weighted by Gasteiger charge is 2.17. The monoisotopic (exact) mass is 182 g/mol. The molecule has 2 heterocycles. The molecular weight excluding hydrogens is 168 g/mol. The van der Waals surface area contributed by atoms with E-state index in [2.05, 4.69) is 5.10 Å². The lowest BCUT2D eigenvalue weighted by Crippen LogP contribution is -2.31. The van der Waals surface area contributed by atoms with Gasteiger partial charge in [-0.3, -0.25) is 4.84 Å². The third kappa shape index (κ3) is 2.54. The third-order valence-corrected chi connectivity index (χ3v) is 2.12. The Hall–Kier alpha value is -0.870. The number of hydroxylamine groups is 1. The van der Waals surface area contributed by atoms with Crippen LogP contribution in [0, 0.1) is 0 Å². The van der Waals surface area contributed by atoms with E-state index < -0.39 is 0 Å². The Morgan fingerprint density at radius 3 is 2.92 bits per heavy atom. The molecule has 0 N–H and O–H groups in total. The molecule has 0 saturated carbocycles. The van der Waals surface area contributed by atoms with Crippen LogP contribution in [-0.2, 0) is 9.57 Å². The van der Waals surface area contributed by atoms with Crippen LogP contribution in [0.3, 0.4) is 0 Å². The molecule has 0 bridgehead atoms. The number of rotatable bonds is 2. The smallest absolute Gasteiger partial charge is 0.0919 e. The Morgan fingerprint density at radius 1 is 1.38 bits per heavy atom. The van der Waals surface area contributed by atoms with Crippen LogP contribution >= 0.6 is 0 Å². The summed E-state index contributed by atoms with van der Waals surface area (Å²) in [5.41, 5.74) is 0. The molecule has 13 heavy (non-hydrogen) atoms. The van der Waals surface area contributed by atoms with E-state index in [0.717, 1.165) is 32.6 Å². The Bertz CT molecular complexity index is 210. The van der Waals surface area contributed by atoms with E-state index in [1.54, 1.807) is 11.4 Å². The third-order valence-electron chi connectivity index (χ3n) is 2.12. The summed E-state index contributed by atoms with van der Waals surface area (Å²) in [7, 11) is 0. The van der Waals surface area contributed by atoms with Gasteiger partial charge in [-0.2, -0.15) is 10.3 Å². The molecule has 0 radical (unpaired) electrons. The van der Waals surface area contributed by atoms with E-state index in [4.69, 9.17) is 9.57 Å². The molecule has 2 aliphatic heterocycles. The van der Waals surface area contributed by atoms with Crippen LogP contribution in [0.1, 0.15) is 12.8 Å². The first-order valence-corrected chi connectivity index (χ1v) is 4.66.